The number of nitrogens with zero attached hydrogens (tertiary/aromatic N) is 2. The molecule has 1 aliphatic carbocycles. The first-order valence-corrected chi connectivity index (χ1v) is 8.48. The Bertz CT molecular complexity index is 602. The highest BCUT2D eigenvalue weighted by atomic mass is 16.2. The van der Waals surface area contributed by atoms with E-state index in [2.05, 4.69) is 9.97 Å². The zero-order valence-electron chi connectivity index (χ0n) is 13.5. The summed E-state index contributed by atoms with van der Waals surface area (Å²) in [5, 5.41) is 0. The van der Waals surface area contributed by atoms with E-state index in [1.54, 1.807) is 6.07 Å². The number of carbonyl (C=O) groups excluding carboxylic acids is 1. The lowest BCUT2D eigenvalue weighted by molar-refractivity contribution is -0.136. The van der Waals surface area contributed by atoms with Crippen molar-refractivity contribution in [3.05, 3.63) is 27.9 Å². The minimum atomic E-state index is -0.117. The van der Waals surface area contributed by atoms with Gasteiger partial charge in [-0.1, -0.05) is 26.7 Å². The van der Waals surface area contributed by atoms with Gasteiger partial charge in [0.1, 0.15) is 5.82 Å². The van der Waals surface area contributed by atoms with E-state index in [4.69, 9.17) is 0 Å². The molecule has 0 bridgehead atoms. The number of nitrogens with one attached hydrogen (secondary N) is 1. The second-order valence-electron chi connectivity index (χ2n) is 6.88. The maximum absolute atomic E-state index is 12.7. The van der Waals surface area contributed by atoms with Crippen LogP contribution in [0.3, 0.4) is 0 Å². The third-order valence-electron chi connectivity index (χ3n) is 4.93. The van der Waals surface area contributed by atoms with Crippen LogP contribution in [0.1, 0.15) is 75.9 Å². The molecule has 5 nitrogen and oxygen atoms in total. The normalized spacial score (nSPS) is 22.7. The average Bonchev–Trinajstić information content (AvgIpc) is 3.17. The molecular formula is C17H25N3O2. The smallest absolute Gasteiger partial charge is 0.251 e. The summed E-state index contributed by atoms with van der Waals surface area (Å²) in [5.74, 6) is 1.32. The van der Waals surface area contributed by atoms with Crippen molar-refractivity contribution in [2.75, 3.05) is 6.54 Å². The van der Waals surface area contributed by atoms with Crippen LogP contribution in [0.15, 0.2) is 10.9 Å². The van der Waals surface area contributed by atoms with Crippen LogP contribution in [0.4, 0.5) is 0 Å². The highest BCUT2D eigenvalue weighted by molar-refractivity contribution is 5.79. The number of rotatable bonds is 3. The molecule has 1 aromatic heterocycles. The maximum atomic E-state index is 12.7. The van der Waals surface area contributed by atoms with Gasteiger partial charge in [-0.15, -0.1) is 0 Å². The van der Waals surface area contributed by atoms with Crippen LogP contribution in [0.5, 0.6) is 0 Å². The fourth-order valence-electron chi connectivity index (χ4n) is 3.67. The van der Waals surface area contributed by atoms with Gasteiger partial charge in [-0.3, -0.25) is 9.59 Å². The van der Waals surface area contributed by atoms with Gasteiger partial charge in [-0.25, -0.2) is 4.98 Å². The lowest BCUT2D eigenvalue weighted by Crippen LogP contribution is -2.36. The van der Waals surface area contributed by atoms with Gasteiger partial charge in [0.25, 0.3) is 5.56 Å². The molecule has 3 rings (SSSR count). The number of hydrogen-bond acceptors (Lipinski definition) is 3. The molecule has 1 amide bonds. The van der Waals surface area contributed by atoms with Gasteiger partial charge in [0.15, 0.2) is 0 Å². The molecule has 1 saturated carbocycles. The van der Waals surface area contributed by atoms with Crippen molar-refractivity contribution >= 4 is 5.91 Å². The molecule has 22 heavy (non-hydrogen) atoms. The summed E-state index contributed by atoms with van der Waals surface area (Å²) in [5.41, 5.74) is 0.688. The van der Waals surface area contributed by atoms with Gasteiger partial charge in [0, 0.05) is 18.5 Å². The summed E-state index contributed by atoms with van der Waals surface area (Å²) >= 11 is 0. The van der Waals surface area contributed by atoms with Crippen molar-refractivity contribution in [1.82, 2.24) is 14.9 Å². The van der Waals surface area contributed by atoms with Gasteiger partial charge in [-0.2, -0.15) is 0 Å². The largest absolute Gasteiger partial charge is 0.332 e. The number of amides is 1. The maximum Gasteiger partial charge on any atom is 0.251 e. The third-order valence-corrected chi connectivity index (χ3v) is 4.93. The summed E-state index contributed by atoms with van der Waals surface area (Å²) in [4.78, 5) is 34.1. The molecule has 0 spiro atoms. The van der Waals surface area contributed by atoms with E-state index in [-0.39, 0.29) is 29.3 Å². The van der Waals surface area contributed by atoms with Crippen LogP contribution in [0, 0.1) is 5.92 Å². The first-order valence-electron chi connectivity index (χ1n) is 8.48. The van der Waals surface area contributed by atoms with Crippen LogP contribution in [0.2, 0.25) is 0 Å². The Balaban J connectivity index is 1.86. The molecule has 2 fully saturated rings. The molecule has 1 aromatic rings. The standard InChI is InChI=1S/C17H25N3O2/c1-11(2)13-10-15(21)19-16(18-13)14-8-5-9-20(14)17(22)12-6-3-4-7-12/h10-12,14H,3-9H2,1-2H3,(H,18,19,21). The highest BCUT2D eigenvalue weighted by Crippen LogP contribution is 2.35. The highest BCUT2D eigenvalue weighted by Gasteiger charge is 2.36. The Morgan fingerprint density at radius 1 is 1.27 bits per heavy atom. The molecule has 5 heteroatoms. The van der Waals surface area contributed by atoms with Gasteiger partial charge in [0.05, 0.1) is 11.7 Å². The zero-order valence-corrected chi connectivity index (χ0v) is 13.5. The van der Waals surface area contributed by atoms with Gasteiger partial charge in [-0.05, 0) is 31.6 Å². The SMILES string of the molecule is CC(C)c1cc(=O)[nH]c(C2CCCN2C(=O)C2CCCC2)n1. The molecule has 1 aliphatic heterocycles. The van der Waals surface area contributed by atoms with E-state index >= 15 is 0 Å². The van der Waals surface area contributed by atoms with Crippen LogP contribution >= 0.6 is 0 Å². The number of hydrogen-bond donors (Lipinski definition) is 1. The quantitative estimate of drug-likeness (QED) is 0.933. The number of aromatic nitrogens is 2. The first-order chi connectivity index (χ1) is 10.6. The fraction of sp³-hybridized carbons (Fsp3) is 0.706. The Kier molecular flexibility index (Phi) is 4.32. The van der Waals surface area contributed by atoms with Gasteiger partial charge in [0.2, 0.25) is 5.91 Å². The molecule has 1 N–H and O–H groups in total. The van der Waals surface area contributed by atoms with Crippen molar-refractivity contribution in [3.63, 3.8) is 0 Å². The Morgan fingerprint density at radius 2 is 2.00 bits per heavy atom. The zero-order chi connectivity index (χ0) is 15.7. The Hall–Kier alpha value is -1.65. The van der Waals surface area contributed by atoms with Crippen molar-refractivity contribution in [1.29, 1.82) is 0 Å². The summed E-state index contributed by atoms with van der Waals surface area (Å²) in [7, 11) is 0. The summed E-state index contributed by atoms with van der Waals surface area (Å²) in [6, 6.07) is 1.51. The third kappa shape index (κ3) is 2.94. The molecule has 1 unspecified atom stereocenters. The molecule has 0 radical (unpaired) electrons. The van der Waals surface area contributed by atoms with E-state index < -0.39 is 0 Å². The molecule has 0 aromatic carbocycles. The van der Waals surface area contributed by atoms with Gasteiger partial charge >= 0.3 is 0 Å². The summed E-state index contributed by atoms with van der Waals surface area (Å²) in [6.45, 7) is 4.85. The predicted octanol–water partition coefficient (Wildman–Crippen LogP) is 2.75. The lowest BCUT2D eigenvalue weighted by Gasteiger charge is -2.27. The number of aromatic amines is 1. The number of likely N-dealkylation sites (tertiary alicyclic amines) is 1. The van der Waals surface area contributed by atoms with E-state index in [0.717, 1.165) is 50.8 Å². The van der Waals surface area contributed by atoms with Crippen molar-refractivity contribution in [2.45, 2.75) is 64.3 Å². The molecule has 120 valence electrons. The first kappa shape index (κ1) is 15.3. The van der Waals surface area contributed by atoms with E-state index in [9.17, 15) is 9.59 Å². The average molecular weight is 303 g/mol. The van der Waals surface area contributed by atoms with E-state index in [0.29, 0.717) is 5.82 Å². The van der Waals surface area contributed by atoms with Crippen molar-refractivity contribution < 1.29 is 4.79 Å². The van der Waals surface area contributed by atoms with Crippen LogP contribution < -0.4 is 5.56 Å². The molecular weight excluding hydrogens is 278 g/mol. The second-order valence-corrected chi connectivity index (χ2v) is 6.88. The number of H-pyrrole nitrogens is 1. The van der Waals surface area contributed by atoms with Crippen LogP contribution in [-0.4, -0.2) is 27.3 Å². The summed E-state index contributed by atoms with van der Waals surface area (Å²) < 4.78 is 0. The lowest BCUT2D eigenvalue weighted by atomic mass is 10.1. The monoisotopic (exact) mass is 303 g/mol. The number of carbonyl (C=O) groups is 1. The fourth-order valence-corrected chi connectivity index (χ4v) is 3.67. The minimum absolute atomic E-state index is 0.0560. The van der Waals surface area contributed by atoms with Crippen molar-refractivity contribution in [2.24, 2.45) is 5.92 Å². The predicted molar refractivity (Wildman–Crippen MR) is 84.6 cm³/mol. The van der Waals surface area contributed by atoms with E-state index in [1.807, 2.05) is 18.7 Å². The topological polar surface area (TPSA) is 66.1 Å². The summed E-state index contributed by atoms with van der Waals surface area (Å²) in [6.07, 6.45) is 6.22. The molecule has 2 aliphatic rings. The van der Waals surface area contributed by atoms with Crippen molar-refractivity contribution in [3.8, 4) is 0 Å². The Labute approximate surface area is 131 Å². The van der Waals surface area contributed by atoms with Gasteiger partial charge < -0.3 is 9.88 Å². The van der Waals surface area contributed by atoms with E-state index in [1.165, 1.54) is 0 Å². The minimum Gasteiger partial charge on any atom is -0.332 e. The van der Waals surface area contributed by atoms with Crippen LogP contribution in [-0.2, 0) is 4.79 Å². The molecule has 1 saturated heterocycles. The molecule has 1 atom stereocenters. The second kappa shape index (κ2) is 6.23. The molecule has 2 heterocycles. The Morgan fingerprint density at radius 3 is 2.68 bits per heavy atom. The van der Waals surface area contributed by atoms with Crippen LogP contribution in [0.25, 0.3) is 0 Å².